The number of carbonyl (C=O) groups is 1. The van der Waals surface area contributed by atoms with Crippen LogP contribution in [0.3, 0.4) is 0 Å². The zero-order chi connectivity index (χ0) is 23.8. The van der Waals surface area contributed by atoms with Gasteiger partial charge in [0.15, 0.2) is 5.65 Å². The molecule has 176 valence electrons. The second-order valence-corrected chi connectivity index (χ2v) is 10.3. The van der Waals surface area contributed by atoms with Crippen molar-refractivity contribution in [3.63, 3.8) is 0 Å². The van der Waals surface area contributed by atoms with E-state index in [0.29, 0.717) is 38.9 Å². The maximum absolute atomic E-state index is 13.2. The molecule has 33 heavy (non-hydrogen) atoms. The molecule has 3 aromatic rings. The minimum absolute atomic E-state index is 0.00780. The molecule has 1 aliphatic heterocycles. The Morgan fingerprint density at radius 2 is 1.79 bits per heavy atom. The molecule has 2 aromatic heterocycles. The van der Waals surface area contributed by atoms with Crippen LogP contribution in [-0.2, 0) is 21.2 Å². The molecule has 3 heterocycles. The monoisotopic (exact) mass is 473 g/mol. The first-order chi connectivity index (χ1) is 15.7. The first-order valence-corrected chi connectivity index (χ1v) is 12.5. The van der Waals surface area contributed by atoms with E-state index in [1.54, 1.807) is 4.90 Å². The van der Waals surface area contributed by atoms with Crippen LogP contribution < -0.4 is 0 Å². The maximum atomic E-state index is 13.2. The molecule has 1 amide bonds. The summed E-state index contributed by atoms with van der Waals surface area (Å²) in [5.41, 5.74) is 4.57. The van der Waals surface area contributed by atoms with Gasteiger partial charge in [0.05, 0.1) is 10.6 Å². The zero-order valence-corrected chi connectivity index (χ0v) is 19.9. The van der Waals surface area contributed by atoms with E-state index in [4.69, 9.17) is 0 Å². The standard InChI is InChI=1S/C23H28FN5O3S/c1-16-15-22-25-17(2)21(18(3)29(22)26-16)9-10-23(30)27-11-4-12-28(14-13-27)33(31,32)20-7-5-19(24)6-8-20/h5-8,15H,4,9-14H2,1-3H3. The molecule has 0 bridgehead atoms. The number of sulfonamides is 1. The van der Waals surface area contributed by atoms with E-state index in [-0.39, 0.29) is 17.3 Å². The minimum atomic E-state index is -3.73. The number of amides is 1. The third-order valence-corrected chi connectivity index (χ3v) is 8.05. The molecule has 8 nitrogen and oxygen atoms in total. The fourth-order valence-electron chi connectivity index (χ4n) is 4.33. The van der Waals surface area contributed by atoms with Gasteiger partial charge < -0.3 is 4.90 Å². The number of hydrogen-bond acceptors (Lipinski definition) is 5. The van der Waals surface area contributed by atoms with Gasteiger partial charge in [-0.05, 0) is 63.4 Å². The van der Waals surface area contributed by atoms with Crippen molar-refractivity contribution < 1.29 is 17.6 Å². The van der Waals surface area contributed by atoms with E-state index in [0.717, 1.165) is 40.4 Å². The van der Waals surface area contributed by atoms with Gasteiger partial charge in [0.2, 0.25) is 15.9 Å². The quantitative estimate of drug-likeness (QED) is 0.569. The molecular formula is C23H28FN5O3S. The highest BCUT2D eigenvalue weighted by atomic mass is 32.2. The Balaban J connectivity index is 1.41. The van der Waals surface area contributed by atoms with E-state index < -0.39 is 15.8 Å². The summed E-state index contributed by atoms with van der Waals surface area (Å²) in [6.45, 7) is 7.21. The van der Waals surface area contributed by atoms with Crippen LogP contribution in [0.25, 0.3) is 5.65 Å². The van der Waals surface area contributed by atoms with Crippen LogP contribution in [0.5, 0.6) is 0 Å². The highest BCUT2D eigenvalue weighted by Crippen LogP contribution is 2.20. The fraction of sp³-hybridized carbons (Fsp3) is 0.435. The van der Waals surface area contributed by atoms with Crippen LogP contribution in [0, 0.1) is 26.6 Å². The number of benzene rings is 1. The van der Waals surface area contributed by atoms with Gasteiger partial charge in [-0.25, -0.2) is 22.3 Å². The van der Waals surface area contributed by atoms with Crippen molar-refractivity contribution in [2.45, 2.75) is 44.9 Å². The van der Waals surface area contributed by atoms with Crippen molar-refractivity contribution >= 4 is 21.6 Å². The lowest BCUT2D eigenvalue weighted by Gasteiger charge is -2.22. The van der Waals surface area contributed by atoms with Crippen LogP contribution in [0.15, 0.2) is 35.2 Å². The summed E-state index contributed by atoms with van der Waals surface area (Å²) in [7, 11) is -3.73. The lowest BCUT2D eigenvalue weighted by Crippen LogP contribution is -2.37. The summed E-state index contributed by atoms with van der Waals surface area (Å²) >= 11 is 0. The Hall–Kier alpha value is -2.85. The lowest BCUT2D eigenvalue weighted by molar-refractivity contribution is -0.131. The lowest BCUT2D eigenvalue weighted by atomic mass is 10.1. The third-order valence-electron chi connectivity index (χ3n) is 6.13. The van der Waals surface area contributed by atoms with E-state index in [9.17, 15) is 17.6 Å². The fourth-order valence-corrected chi connectivity index (χ4v) is 5.80. The van der Waals surface area contributed by atoms with Gasteiger partial charge in [-0.15, -0.1) is 0 Å². The molecule has 1 aromatic carbocycles. The number of halogens is 1. The van der Waals surface area contributed by atoms with E-state index in [1.165, 1.54) is 16.4 Å². The summed E-state index contributed by atoms with van der Waals surface area (Å²) in [6.07, 6.45) is 1.41. The highest BCUT2D eigenvalue weighted by molar-refractivity contribution is 7.89. The van der Waals surface area contributed by atoms with Gasteiger partial charge in [0.25, 0.3) is 0 Å². The number of aromatic nitrogens is 3. The first-order valence-electron chi connectivity index (χ1n) is 11.0. The van der Waals surface area contributed by atoms with Crippen molar-refractivity contribution in [2.24, 2.45) is 0 Å². The summed E-state index contributed by atoms with van der Waals surface area (Å²) in [6, 6.07) is 6.75. The molecule has 1 saturated heterocycles. The smallest absolute Gasteiger partial charge is 0.243 e. The minimum Gasteiger partial charge on any atom is -0.341 e. The van der Waals surface area contributed by atoms with Crippen LogP contribution >= 0.6 is 0 Å². The van der Waals surface area contributed by atoms with E-state index >= 15 is 0 Å². The Labute approximate surface area is 193 Å². The molecule has 10 heteroatoms. The normalized spacial score (nSPS) is 15.7. The number of rotatable bonds is 5. The molecule has 0 aliphatic carbocycles. The molecule has 1 fully saturated rings. The summed E-state index contributed by atoms with van der Waals surface area (Å²) in [5, 5.41) is 4.48. The molecule has 0 spiro atoms. The van der Waals surface area contributed by atoms with Crippen LogP contribution in [0.4, 0.5) is 4.39 Å². The number of nitrogens with zero attached hydrogens (tertiary/aromatic N) is 5. The van der Waals surface area contributed by atoms with Gasteiger partial charge in [-0.2, -0.15) is 9.40 Å². The summed E-state index contributed by atoms with van der Waals surface area (Å²) in [4.78, 5) is 19.4. The van der Waals surface area contributed by atoms with Gasteiger partial charge in [0.1, 0.15) is 5.82 Å². The predicted octanol–water partition coefficient (Wildman–Crippen LogP) is 2.65. The van der Waals surface area contributed by atoms with Crippen molar-refractivity contribution in [3.05, 3.63) is 58.8 Å². The number of fused-ring (bicyclic) bond motifs is 1. The van der Waals surface area contributed by atoms with Crippen molar-refractivity contribution in [1.82, 2.24) is 23.8 Å². The van der Waals surface area contributed by atoms with Crippen molar-refractivity contribution in [3.8, 4) is 0 Å². The third kappa shape index (κ3) is 4.77. The Morgan fingerprint density at radius 3 is 2.52 bits per heavy atom. The topological polar surface area (TPSA) is 87.9 Å². The summed E-state index contributed by atoms with van der Waals surface area (Å²) in [5.74, 6) is -0.490. The average Bonchev–Trinajstić information content (AvgIpc) is 2.97. The van der Waals surface area contributed by atoms with Crippen LogP contribution in [-0.4, -0.2) is 64.3 Å². The molecule has 1 aliphatic rings. The molecule has 4 rings (SSSR count). The average molecular weight is 474 g/mol. The highest BCUT2D eigenvalue weighted by Gasteiger charge is 2.28. The van der Waals surface area contributed by atoms with Gasteiger partial charge in [-0.1, -0.05) is 0 Å². The van der Waals surface area contributed by atoms with E-state index in [2.05, 4.69) is 10.1 Å². The second kappa shape index (κ2) is 9.18. The van der Waals surface area contributed by atoms with Crippen molar-refractivity contribution in [1.29, 1.82) is 0 Å². The molecule has 0 radical (unpaired) electrons. The Bertz CT molecular complexity index is 1290. The Kier molecular flexibility index (Phi) is 6.49. The maximum Gasteiger partial charge on any atom is 0.243 e. The van der Waals surface area contributed by atoms with Gasteiger partial charge >= 0.3 is 0 Å². The summed E-state index contributed by atoms with van der Waals surface area (Å²) < 4.78 is 42.2. The molecule has 0 N–H and O–H groups in total. The van der Waals surface area contributed by atoms with Gasteiger partial charge in [0, 0.05) is 50.1 Å². The number of carbonyl (C=O) groups excluding carboxylic acids is 1. The van der Waals surface area contributed by atoms with Crippen LogP contribution in [0.2, 0.25) is 0 Å². The molecule has 0 unspecified atom stereocenters. The van der Waals surface area contributed by atoms with Crippen molar-refractivity contribution in [2.75, 3.05) is 26.2 Å². The molecular weight excluding hydrogens is 445 g/mol. The van der Waals surface area contributed by atoms with E-state index in [1.807, 2.05) is 31.4 Å². The largest absolute Gasteiger partial charge is 0.341 e. The van der Waals surface area contributed by atoms with Crippen LogP contribution in [0.1, 0.15) is 35.5 Å². The molecule has 0 saturated carbocycles. The predicted molar refractivity (Wildman–Crippen MR) is 122 cm³/mol. The Morgan fingerprint density at radius 1 is 1.06 bits per heavy atom. The van der Waals surface area contributed by atoms with Gasteiger partial charge in [-0.3, -0.25) is 4.79 Å². The number of aryl methyl sites for hydroxylation is 3. The number of hydrogen-bond donors (Lipinski definition) is 0. The molecule has 0 atom stereocenters. The zero-order valence-electron chi connectivity index (χ0n) is 19.1. The SMILES string of the molecule is Cc1cc2nc(C)c(CCC(=O)N3CCCN(S(=O)(=O)c4ccc(F)cc4)CC3)c(C)n2n1. The second-order valence-electron chi connectivity index (χ2n) is 8.41. The first kappa shape index (κ1) is 23.3.